The molecule has 1 amide bonds. The Morgan fingerprint density at radius 2 is 2.05 bits per heavy atom. The summed E-state index contributed by atoms with van der Waals surface area (Å²) in [5.41, 5.74) is 0.864. The van der Waals surface area contributed by atoms with Gasteiger partial charge in [-0.2, -0.15) is 0 Å². The van der Waals surface area contributed by atoms with Crippen LogP contribution in [-0.2, 0) is 9.59 Å². The number of aliphatic carboxylic acids is 1. The number of nitrogens with zero attached hydrogens (tertiary/aromatic N) is 1. The summed E-state index contributed by atoms with van der Waals surface area (Å²) in [5.74, 6) is -0.731. The fourth-order valence-electron chi connectivity index (χ4n) is 2.49. The minimum atomic E-state index is -0.965. The van der Waals surface area contributed by atoms with Crippen LogP contribution in [0.3, 0.4) is 0 Å². The van der Waals surface area contributed by atoms with Gasteiger partial charge in [0, 0.05) is 11.6 Å². The predicted octanol–water partition coefficient (Wildman–Crippen LogP) is 1.24. The zero-order valence-corrected chi connectivity index (χ0v) is 10.4. The van der Waals surface area contributed by atoms with Crippen molar-refractivity contribution < 1.29 is 19.4 Å². The number of para-hydroxylation sites is 1. The summed E-state index contributed by atoms with van der Waals surface area (Å²) in [5, 5.41) is 8.92. The van der Waals surface area contributed by atoms with E-state index in [4.69, 9.17) is 9.84 Å². The van der Waals surface area contributed by atoms with E-state index in [9.17, 15) is 9.59 Å². The molecule has 5 heteroatoms. The van der Waals surface area contributed by atoms with Crippen molar-refractivity contribution in [1.82, 2.24) is 4.90 Å². The minimum Gasteiger partial charge on any atom is -0.492 e. The molecular weight excluding hydrogens is 246 g/mol. The number of rotatable bonds is 4. The monoisotopic (exact) mass is 261 g/mol. The Morgan fingerprint density at radius 3 is 2.74 bits per heavy atom. The normalized spacial score (nSPS) is 20.5. The summed E-state index contributed by atoms with van der Waals surface area (Å²) in [6.07, 6.45) is 1.79. The third-order valence-electron chi connectivity index (χ3n) is 3.57. The molecule has 1 aliphatic heterocycles. The van der Waals surface area contributed by atoms with Gasteiger partial charge >= 0.3 is 5.97 Å². The number of carbonyl (C=O) groups is 2. The van der Waals surface area contributed by atoms with E-state index in [2.05, 4.69) is 0 Å². The first-order chi connectivity index (χ1) is 9.16. The molecule has 1 aromatic carbocycles. The number of hydrogen-bond acceptors (Lipinski definition) is 3. The van der Waals surface area contributed by atoms with Crippen molar-refractivity contribution in [3.05, 3.63) is 29.8 Å². The number of ether oxygens (including phenoxy) is 1. The maximum atomic E-state index is 12.5. The molecule has 1 saturated carbocycles. The Morgan fingerprint density at radius 1 is 1.32 bits per heavy atom. The lowest BCUT2D eigenvalue weighted by Crippen LogP contribution is -2.40. The predicted molar refractivity (Wildman–Crippen MR) is 67.0 cm³/mol. The second kappa shape index (κ2) is 4.57. The molecular formula is C14H15NO4. The van der Waals surface area contributed by atoms with Crippen LogP contribution in [0.2, 0.25) is 0 Å². The molecule has 5 nitrogen and oxygen atoms in total. The molecule has 3 rings (SSSR count). The van der Waals surface area contributed by atoms with Crippen molar-refractivity contribution in [2.24, 2.45) is 0 Å². The fourth-order valence-corrected chi connectivity index (χ4v) is 2.49. The molecule has 1 aliphatic carbocycles. The van der Waals surface area contributed by atoms with Gasteiger partial charge in [-0.1, -0.05) is 18.2 Å². The zero-order valence-electron chi connectivity index (χ0n) is 10.4. The van der Waals surface area contributed by atoms with E-state index >= 15 is 0 Å². The molecule has 1 N–H and O–H groups in total. The maximum absolute atomic E-state index is 12.5. The summed E-state index contributed by atoms with van der Waals surface area (Å²) in [7, 11) is 0. The number of amides is 1. The van der Waals surface area contributed by atoms with Gasteiger partial charge in [-0.15, -0.1) is 0 Å². The van der Waals surface area contributed by atoms with Crippen LogP contribution in [0, 0.1) is 0 Å². The SMILES string of the molecule is O=C(O)CN(C(=O)[C@@H]1COc2ccccc21)C1CC1. The molecule has 0 aromatic heterocycles. The average molecular weight is 261 g/mol. The molecule has 0 radical (unpaired) electrons. The summed E-state index contributed by atoms with van der Waals surface area (Å²) in [6.45, 7) is 0.0865. The highest BCUT2D eigenvalue weighted by Crippen LogP contribution is 2.37. The van der Waals surface area contributed by atoms with Gasteiger partial charge in [0.15, 0.2) is 0 Å². The largest absolute Gasteiger partial charge is 0.492 e. The first-order valence-electron chi connectivity index (χ1n) is 6.41. The van der Waals surface area contributed by atoms with Crippen LogP contribution in [0.1, 0.15) is 24.3 Å². The molecule has 1 aromatic rings. The quantitative estimate of drug-likeness (QED) is 0.885. The van der Waals surface area contributed by atoms with Crippen LogP contribution in [0.5, 0.6) is 5.75 Å². The van der Waals surface area contributed by atoms with Crippen molar-refractivity contribution in [3.8, 4) is 5.75 Å². The van der Waals surface area contributed by atoms with Gasteiger partial charge in [-0.05, 0) is 18.9 Å². The number of carboxylic acids is 1. The van der Waals surface area contributed by atoms with E-state index in [-0.39, 0.29) is 24.4 Å². The maximum Gasteiger partial charge on any atom is 0.323 e. The van der Waals surface area contributed by atoms with Crippen molar-refractivity contribution in [2.45, 2.75) is 24.8 Å². The van der Waals surface area contributed by atoms with Gasteiger partial charge in [-0.3, -0.25) is 9.59 Å². The molecule has 0 spiro atoms. The van der Waals surface area contributed by atoms with Crippen LogP contribution in [0.4, 0.5) is 0 Å². The van der Waals surface area contributed by atoms with Gasteiger partial charge in [0.25, 0.3) is 0 Å². The Kier molecular flexibility index (Phi) is 2.89. The van der Waals surface area contributed by atoms with Crippen molar-refractivity contribution in [1.29, 1.82) is 0 Å². The number of hydrogen-bond donors (Lipinski definition) is 1. The summed E-state index contributed by atoms with van der Waals surface area (Å²) in [6, 6.07) is 7.53. The van der Waals surface area contributed by atoms with Crippen LogP contribution >= 0.6 is 0 Å². The molecule has 1 fully saturated rings. The fraction of sp³-hybridized carbons (Fsp3) is 0.429. The number of fused-ring (bicyclic) bond motifs is 1. The second-order valence-corrected chi connectivity index (χ2v) is 4.99. The molecule has 1 heterocycles. The molecule has 19 heavy (non-hydrogen) atoms. The van der Waals surface area contributed by atoms with Crippen LogP contribution in [-0.4, -0.2) is 41.1 Å². The third-order valence-corrected chi connectivity index (χ3v) is 3.57. The molecule has 2 aliphatic rings. The van der Waals surface area contributed by atoms with E-state index in [1.54, 1.807) is 0 Å². The van der Waals surface area contributed by atoms with E-state index < -0.39 is 5.97 Å². The van der Waals surface area contributed by atoms with Gasteiger partial charge in [0.05, 0.1) is 0 Å². The van der Waals surface area contributed by atoms with Gasteiger partial charge in [0.2, 0.25) is 5.91 Å². The Balaban J connectivity index is 1.81. The minimum absolute atomic E-state index is 0.0939. The summed E-state index contributed by atoms with van der Waals surface area (Å²) >= 11 is 0. The topological polar surface area (TPSA) is 66.8 Å². The van der Waals surface area contributed by atoms with E-state index in [0.29, 0.717) is 6.61 Å². The Bertz CT molecular complexity index is 524. The van der Waals surface area contributed by atoms with Gasteiger partial charge in [-0.25, -0.2) is 0 Å². The van der Waals surface area contributed by atoms with E-state index in [0.717, 1.165) is 24.2 Å². The molecule has 0 saturated heterocycles. The van der Waals surface area contributed by atoms with E-state index in [1.807, 2.05) is 24.3 Å². The van der Waals surface area contributed by atoms with Gasteiger partial charge < -0.3 is 14.7 Å². The van der Waals surface area contributed by atoms with Gasteiger partial charge in [0.1, 0.15) is 24.8 Å². The molecule has 0 bridgehead atoms. The Labute approximate surface area is 110 Å². The summed E-state index contributed by atoms with van der Waals surface area (Å²) in [4.78, 5) is 24.9. The first-order valence-corrected chi connectivity index (χ1v) is 6.41. The lowest BCUT2D eigenvalue weighted by molar-refractivity contribution is -0.145. The van der Waals surface area contributed by atoms with Crippen molar-refractivity contribution in [2.75, 3.05) is 13.2 Å². The highest BCUT2D eigenvalue weighted by molar-refractivity contribution is 5.88. The number of carbonyl (C=O) groups excluding carboxylic acids is 1. The molecule has 0 unspecified atom stereocenters. The zero-order chi connectivity index (χ0) is 13.4. The second-order valence-electron chi connectivity index (χ2n) is 4.99. The number of benzene rings is 1. The average Bonchev–Trinajstić information content (AvgIpc) is 3.14. The lowest BCUT2D eigenvalue weighted by atomic mass is 10.00. The highest BCUT2D eigenvalue weighted by atomic mass is 16.5. The van der Waals surface area contributed by atoms with E-state index in [1.165, 1.54) is 4.90 Å². The standard InChI is InChI=1S/C14H15NO4/c16-13(17)7-15(9-5-6-9)14(18)11-8-19-12-4-2-1-3-10(11)12/h1-4,9,11H,5-8H2,(H,16,17)/t11-/m1/s1. The lowest BCUT2D eigenvalue weighted by Gasteiger charge is -2.23. The van der Waals surface area contributed by atoms with Crippen LogP contribution in [0.15, 0.2) is 24.3 Å². The van der Waals surface area contributed by atoms with Crippen LogP contribution < -0.4 is 4.74 Å². The molecule has 100 valence electrons. The van der Waals surface area contributed by atoms with Crippen molar-refractivity contribution in [3.63, 3.8) is 0 Å². The third kappa shape index (κ3) is 2.28. The highest BCUT2D eigenvalue weighted by Gasteiger charge is 2.40. The summed E-state index contributed by atoms with van der Waals surface area (Å²) < 4.78 is 5.49. The number of carboxylic acid groups (broad SMARTS) is 1. The molecule has 1 atom stereocenters. The first kappa shape index (κ1) is 12.0. The Hall–Kier alpha value is -2.04. The van der Waals surface area contributed by atoms with Crippen LogP contribution in [0.25, 0.3) is 0 Å². The smallest absolute Gasteiger partial charge is 0.323 e. The van der Waals surface area contributed by atoms with Crippen molar-refractivity contribution >= 4 is 11.9 Å².